The van der Waals surface area contributed by atoms with Gasteiger partial charge in [0.25, 0.3) is 5.91 Å². The van der Waals surface area contributed by atoms with Crippen LogP contribution in [0.25, 0.3) is 0 Å². The Morgan fingerprint density at radius 3 is 2.50 bits per heavy atom. The molecule has 88 valence electrons. The van der Waals surface area contributed by atoms with E-state index in [9.17, 15) is 18.0 Å². The molecule has 0 spiro atoms. The normalized spacial score (nSPS) is 13.2. The highest BCUT2D eigenvalue weighted by molar-refractivity contribution is 6.13. The van der Waals surface area contributed by atoms with Gasteiger partial charge in [-0.1, -0.05) is 0 Å². The van der Waals surface area contributed by atoms with E-state index in [0.717, 1.165) is 13.1 Å². The molecule has 0 saturated heterocycles. The Balaban J connectivity index is 5.17. The third-order valence-electron chi connectivity index (χ3n) is 1.66. The molecule has 0 rings (SSSR count). The van der Waals surface area contributed by atoms with E-state index < -0.39 is 23.2 Å². The first-order chi connectivity index (χ1) is 7.34. The van der Waals surface area contributed by atoms with Gasteiger partial charge in [0.1, 0.15) is 6.54 Å². The van der Waals surface area contributed by atoms with Crippen LogP contribution in [-0.4, -0.2) is 31.9 Å². The van der Waals surface area contributed by atoms with E-state index in [1.165, 1.54) is 7.05 Å². The van der Waals surface area contributed by atoms with Crippen LogP contribution in [0.15, 0.2) is 16.1 Å². The van der Waals surface area contributed by atoms with Gasteiger partial charge in [-0.25, -0.2) is 0 Å². The van der Waals surface area contributed by atoms with Crippen LogP contribution >= 0.6 is 0 Å². The van der Waals surface area contributed by atoms with Gasteiger partial charge in [-0.3, -0.25) is 9.79 Å². The molecule has 0 bridgehead atoms. The van der Waals surface area contributed by atoms with Gasteiger partial charge in [0.05, 0.1) is 11.6 Å². The number of hydrogen-bond acceptors (Lipinski definition) is 3. The first-order valence-electron chi connectivity index (χ1n) is 4.20. The van der Waals surface area contributed by atoms with E-state index in [2.05, 4.69) is 4.99 Å². The molecule has 0 aromatic carbocycles. The molecule has 0 unspecified atom stereocenters. The molecule has 0 saturated carbocycles. The summed E-state index contributed by atoms with van der Waals surface area (Å²) in [5.74, 6) is -0.970. The predicted octanol–water partition coefficient (Wildman–Crippen LogP) is 1.21. The molecule has 16 heavy (non-hydrogen) atoms. The first kappa shape index (κ1) is 14.2. The van der Waals surface area contributed by atoms with Crippen molar-refractivity contribution in [2.45, 2.75) is 13.1 Å². The van der Waals surface area contributed by atoms with Crippen molar-refractivity contribution in [2.75, 3.05) is 13.6 Å². The lowest BCUT2D eigenvalue weighted by Crippen LogP contribution is -2.28. The van der Waals surface area contributed by atoms with Crippen molar-refractivity contribution in [1.29, 1.82) is 5.26 Å². The van der Waals surface area contributed by atoms with Gasteiger partial charge in [0, 0.05) is 18.8 Å². The van der Waals surface area contributed by atoms with Crippen LogP contribution in [0.1, 0.15) is 6.92 Å². The molecule has 0 atom stereocenters. The second-order valence-corrected chi connectivity index (χ2v) is 2.76. The van der Waals surface area contributed by atoms with Gasteiger partial charge in [-0.15, -0.1) is 0 Å². The maximum Gasteiger partial charge on any atom is 0.413 e. The van der Waals surface area contributed by atoms with Crippen molar-refractivity contribution in [2.24, 2.45) is 4.99 Å². The quantitative estimate of drug-likeness (QED) is 0.452. The maximum absolute atomic E-state index is 12.3. The minimum atomic E-state index is -4.60. The fraction of sp³-hybridized carbons (Fsp3) is 0.444. The van der Waals surface area contributed by atoms with E-state index in [0.29, 0.717) is 0 Å². The van der Waals surface area contributed by atoms with Gasteiger partial charge in [0.15, 0.2) is 0 Å². The van der Waals surface area contributed by atoms with Crippen molar-refractivity contribution < 1.29 is 18.0 Å². The zero-order valence-electron chi connectivity index (χ0n) is 8.72. The van der Waals surface area contributed by atoms with Crippen LogP contribution in [0.5, 0.6) is 0 Å². The molecular formula is C9H10F3N3O. The van der Waals surface area contributed by atoms with Crippen LogP contribution in [0.3, 0.4) is 0 Å². The molecular weight excluding hydrogens is 223 g/mol. The minimum absolute atomic E-state index is 0.356. The van der Waals surface area contributed by atoms with E-state index in [-0.39, 0.29) is 6.54 Å². The third kappa shape index (κ3) is 4.13. The molecule has 4 nitrogen and oxygen atoms in total. The van der Waals surface area contributed by atoms with E-state index in [1.54, 1.807) is 6.07 Å². The molecule has 1 N–H and O–H groups in total. The standard InChI is InChI=1S/C9H10F3N3O/c1-6(9(10,11)12)7(5-14-2)8(16)15-4-3-13/h5H,4H2,1-2H3,(H,15,16)/b7-6-,14-5?. The minimum Gasteiger partial charge on any atom is -0.339 e. The molecule has 0 aromatic heterocycles. The van der Waals surface area contributed by atoms with Crippen LogP contribution in [0.4, 0.5) is 13.2 Å². The lowest BCUT2D eigenvalue weighted by molar-refractivity contribution is -0.118. The number of carbonyl (C=O) groups is 1. The lowest BCUT2D eigenvalue weighted by atomic mass is 10.1. The highest BCUT2D eigenvalue weighted by Gasteiger charge is 2.34. The van der Waals surface area contributed by atoms with Crippen molar-refractivity contribution in [3.8, 4) is 6.07 Å². The summed E-state index contributed by atoms with van der Waals surface area (Å²) >= 11 is 0. The SMILES string of the molecule is CN=C/C(C(=O)NCC#N)=C(\C)C(F)(F)F. The molecule has 0 radical (unpaired) electrons. The third-order valence-corrected chi connectivity index (χ3v) is 1.66. The highest BCUT2D eigenvalue weighted by Crippen LogP contribution is 2.27. The summed E-state index contributed by atoms with van der Waals surface area (Å²) < 4.78 is 37.0. The molecule has 7 heteroatoms. The van der Waals surface area contributed by atoms with Crippen LogP contribution in [0.2, 0.25) is 0 Å². The topological polar surface area (TPSA) is 65.2 Å². The molecule has 0 aromatic rings. The predicted molar refractivity (Wildman–Crippen MR) is 51.8 cm³/mol. The summed E-state index contributed by atoms with van der Waals surface area (Å²) in [6.07, 6.45) is -3.78. The monoisotopic (exact) mass is 233 g/mol. The van der Waals surface area contributed by atoms with Crippen molar-refractivity contribution >= 4 is 12.1 Å². The first-order valence-corrected chi connectivity index (χ1v) is 4.20. The van der Waals surface area contributed by atoms with Gasteiger partial charge in [0.2, 0.25) is 0 Å². The summed E-state index contributed by atoms with van der Waals surface area (Å²) in [6, 6.07) is 1.59. The number of nitrogens with one attached hydrogen (secondary N) is 1. The average molecular weight is 233 g/mol. The smallest absolute Gasteiger partial charge is 0.339 e. The summed E-state index contributed by atoms with van der Waals surface area (Å²) in [5, 5.41) is 10.2. The largest absolute Gasteiger partial charge is 0.413 e. The Morgan fingerprint density at radius 1 is 1.56 bits per heavy atom. The lowest BCUT2D eigenvalue weighted by Gasteiger charge is -2.10. The van der Waals surface area contributed by atoms with Gasteiger partial charge < -0.3 is 5.32 Å². The van der Waals surface area contributed by atoms with Gasteiger partial charge >= 0.3 is 6.18 Å². The number of nitriles is 1. The van der Waals surface area contributed by atoms with Crippen molar-refractivity contribution in [1.82, 2.24) is 5.32 Å². The van der Waals surface area contributed by atoms with E-state index in [1.807, 2.05) is 5.32 Å². The molecule has 0 heterocycles. The Hall–Kier alpha value is -1.84. The summed E-state index contributed by atoms with van der Waals surface area (Å²) in [4.78, 5) is 14.6. The maximum atomic E-state index is 12.3. The Labute approximate surface area is 90.5 Å². The second-order valence-electron chi connectivity index (χ2n) is 2.76. The average Bonchev–Trinajstić information content (AvgIpc) is 2.20. The molecule has 0 aliphatic rings. The second kappa shape index (κ2) is 5.90. The van der Waals surface area contributed by atoms with Crippen molar-refractivity contribution in [3.05, 3.63) is 11.1 Å². The van der Waals surface area contributed by atoms with E-state index >= 15 is 0 Å². The number of amides is 1. The van der Waals surface area contributed by atoms with Gasteiger partial charge in [-0.05, 0) is 6.92 Å². The van der Waals surface area contributed by atoms with Gasteiger partial charge in [-0.2, -0.15) is 18.4 Å². The van der Waals surface area contributed by atoms with Crippen LogP contribution < -0.4 is 5.32 Å². The van der Waals surface area contributed by atoms with E-state index in [4.69, 9.17) is 5.26 Å². The zero-order chi connectivity index (χ0) is 12.8. The van der Waals surface area contributed by atoms with Crippen molar-refractivity contribution in [3.63, 3.8) is 0 Å². The summed E-state index contributed by atoms with van der Waals surface area (Å²) in [5.41, 5.74) is -1.64. The number of nitrogens with zero attached hydrogens (tertiary/aromatic N) is 2. The number of hydrogen-bond donors (Lipinski definition) is 1. The number of aliphatic imine (C=N–C) groups is 1. The number of alkyl halides is 3. The number of rotatable bonds is 3. The van der Waals surface area contributed by atoms with Crippen LogP contribution in [0, 0.1) is 11.3 Å². The fourth-order valence-electron chi connectivity index (χ4n) is 0.823. The molecule has 1 amide bonds. The Kier molecular flexibility index (Phi) is 5.22. The summed E-state index contributed by atoms with van der Waals surface area (Å²) in [7, 11) is 1.25. The number of carbonyl (C=O) groups excluding carboxylic acids is 1. The summed E-state index contributed by atoms with van der Waals surface area (Å²) in [6.45, 7) is 0.425. The Bertz CT molecular complexity index is 363. The molecule has 0 aliphatic carbocycles. The zero-order valence-corrected chi connectivity index (χ0v) is 8.72. The number of allylic oxidation sites excluding steroid dienone is 1. The Morgan fingerprint density at radius 2 is 2.12 bits per heavy atom. The van der Waals surface area contributed by atoms with Crippen LogP contribution in [-0.2, 0) is 4.79 Å². The molecule has 0 fully saturated rings. The molecule has 0 aliphatic heterocycles. The number of halogens is 3. The fourth-order valence-corrected chi connectivity index (χ4v) is 0.823. The highest BCUT2D eigenvalue weighted by atomic mass is 19.4.